The standard InChI is InChI=1S/C15H27N3O2.2ClH/c19-15(17-8-10-20-11-9-17)13-2-1-7-18(12-13)14-3-5-16-6-4-14;;/h13-14,16H,1-12H2;2*1H/t13-;;/m1../s1. The fourth-order valence-corrected chi connectivity index (χ4v) is 3.75. The van der Waals surface area contributed by atoms with Crippen LogP contribution < -0.4 is 5.32 Å². The van der Waals surface area contributed by atoms with Crippen LogP contribution in [0.2, 0.25) is 0 Å². The van der Waals surface area contributed by atoms with Gasteiger partial charge >= 0.3 is 0 Å². The summed E-state index contributed by atoms with van der Waals surface area (Å²) in [5.41, 5.74) is 0. The number of hydrogen-bond donors (Lipinski definition) is 1. The van der Waals surface area contributed by atoms with E-state index >= 15 is 0 Å². The number of morpholine rings is 1. The van der Waals surface area contributed by atoms with Crippen molar-refractivity contribution < 1.29 is 9.53 Å². The van der Waals surface area contributed by atoms with Gasteiger partial charge in [0.1, 0.15) is 0 Å². The molecule has 0 spiro atoms. The van der Waals surface area contributed by atoms with E-state index in [1.165, 1.54) is 25.8 Å². The van der Waals surface area contributed by atoms with Crippen molar-refractivity contribution in [3.63, 3.8) is 0 Å². The molecule has 5 nitrogen and oxygen atoms in total. The molecule has 3 rings (SSSR count). The molecule has 0 unspecified atom stereocenters. The first-order valence-electron chi connectivity index (χ1n) is 8.16. The van der Waals surface area contributed by atoms with Gasteiger partial charge < -0.3 is 15.0 Å². The molecule has 130 valence electrons. The van der Waals surface area contributed by atoms with E-state index < -0.39 is 0 Å². The lowest BCUT2D eigenvalue weighted by atomic mass is 9.93. The first-order valence-corrected chi connectivity index (χ1v) is 8.16. The van der Waals surface area contributed by atoms with E-state index in [1.54, 1.807) is 0 Å². The van der Waals surface area contributed by atoms with Crippen LogP contribution in [0.4, 0.5) is 0 Å². The van der Waals surface area contributed by atoms with E-state index in [2.05, 4.69) is 10.2 Å². The highest BCUT2D eigenvalue weighted by molar-refractivity contribution is 5.85. The van der Waals surface area contributed by atoms with Crippen LogP contribution in [-0.4, -0.2) is 74.2 Å². The Hall–Kier alpha value is -0.0700. The number of amides is 1. The Morgan fingerprint density at radius 1 is 1.00 bits per heavy atom. The normalized spacial score (nSPS) is 27.6. The molecule has 1 N–H and O–H groups in total. The number of halogens is 2. The Kier molecular flexibility index (Phi) is 9.02. The van der Waals surface area contributed by atoms with Gasteiger partial charge in [0.15, 0.2) is 0 Å². The van der Waals surface area contributed by atoms with Gasteiger partial charge in [-0.05, 0) is 45.3 Å². The highest BCUT2D eigenvalue weighted by Gasteiger charge is 2.32. The van der Waals surface area contributed by atoms with Crippen molar-refractivity contribution in [1.29, 1.82) is 0 Å². The van der Waals surface area contributed by atoms with Gasteiger partial charge in [0.05, 0.1) is 19.1 Å². The molecule has 0 aromatic carbocycles. The lowest BCUT2D eigenvalue weighted by molar-refractivity contribution is -0.141. The molecule has 7 heteroatoms. The van der Waals surface area contributed by atoms with Crippen LogP contribution >= 0.6 is 24.8 Å². The molecule has 0 aromatic heterocycles. The minimum atomic E-state index is 0. The first kappa shape index (κ1) is 20.0. The summed E-state index contributed by atoms with van der Waals surface area (Å²) in [6.07, 6.45) is 4.71. The van der Waals surface area contributed by atoms with Gasteiger partial charge in [-0.1, -0.05) is 0 Å². The lowest BCUT2D eigenvalue weighted by Gasteiger charge is -2.41. The first-order chi connectivity index (χ1) is 9.84. The Morgan fingerprint density at radius 3 is 2.36 bits per heavy atom. The minimum absolute atomic E-state index is 0. The van der Waals surface area contributed by atoms with E-state index in [4.69, 9.17) is 4.74 Å². The van der Waals surface area contributed by atoms with Crippen molar-refractivity contribution in [2.75, 3.05) is 52.5 Å². The molecule has 0 aromatic rings. The molecule has 3 saturated heterocycles. The molecule has 3 aliphatic rings. The van der Waals surface area contributed by atoms with Crippen LogP contribution in [0.1, 0.15) is 25.7 Å². The largest absolute Gasteiger partial charge is 0.378 e. The fraction of sp³-hybridized carbons (Fsp3) is 0.933. The maximum absolute atomic E-state index is 12.6. The molecule has 3 heterocycles. The smallest absolute Gasteiger partial charge is 0.227 e. The highest BCUT2D eigenvalue weighted by Crippen LogP contribution is 2.24. The number of nitrogens with zero attached hydrogens (tertiary/aromatic N) is 2. The summed E-state index contributed by atoms with van der Waals surface area (Å²) in [7, 11) is 0. The third-order valence-corrected chi connectivity index (χ3v) is 4.95. The number of piperidine rings is 2. The fourth-order valence-electron chi connectivity index (χ4n) is 3.75. The van der Waals surface area contributed by atoms with Crippen LogP contribution in [0.15, 0.2) is 0 Å². The number of nitrogens with one attached hydrogen (secondary N) is 1. The lowest BCUT2D eigenvalue weighted by Crippen LogP contribution is -2.52. The number of likely N-dealkylation sites (tertiary alicyclic amines) is 1. The monoisotopic (exact) mass is 353 g/mol. The average molecular weight is 354 g/mol. The summed E-state index contributed by atoms with van der Waals surface area (Å²) in [4.78, 5) is 17.2. The van der Waals surface area contributed by atoms with Crippen LogP contribution in [0, 0.1) is 5.92 Å². The summed E-state index contributed by atoms with van der Waals surface area (Å²) < 4.78 is 5.34. The number of ether oxygens (including phenoxy) is 1. The van der Waals surface area contributed by atoms with E-state index in [-0.39, 0.29) is 30.7 Å². The Balaban J connectivity index is 0.00000121. The molecule has 0 radical (unpaired) electrons. The molecule has 22 heavy (non-hydrogen) atoms. The van der Waals surface area contributed by atoms with Crippen molar-refractivity contribution >= 4 is 30.7 Å². The third-order valence-electron chi connectivity index (χ3n) is 4.95. The van der Waals surface area contributed by atoms with Crippen molar-refractivity contribution in [3.8, 4) is 0 Å². The predicted octanol–water partition coefficient (Wildman–Crippen LogP) is 1.15. The van der Waals surface area contributed by atoms with Gasteiger partial charge in [0.25, 0.3) is 0 Å². The molecule has 0 bridgehead atoms. The van der Waals surface area contributed by atoms with Crippen molar-refractivity contribution in [3.05, 3.63) is 0 Å². The third kappa shape index (κ3) is 4.96. The summed E-state index contributed by atoms with van der Waals surface area (Å²) in [5.74, 6) is 0.587. The van der Waals surface area contributed by atoms with Crippen molar-refractivity contribution in [2.24, 2.45) is 5.92 Å². The number of rotatable bonds is 2. The SMILES string of the molecule is Cl.Cl.O=C([C@@H]1CCCN(C2CCNCC2)C1)N1CCOCC1. The van der Waals surface area contributed by atoms with Gasteiger partial charge in [0, 0.05) is 25.7 Å². The molecular weight excluding hydrogens is 325 g/mol. The number of carbonyl (C=O) groups is 1. The zero-order valence-corrected chi connectivity index (χ0v) is 14.8. The number of carbonyl (C=O) groups excluding carboxylic acids is 1. The molecule has 3 fully saturated rings. The van der Waals surface area contributed by atoms with E-state index in [9.17, 15) is 4.79 Å². The average Bonchev–Trinajstić information content (AvgIpc) is 2.56. The summed E-state index contributed by atoms with van der Waals surface area (Å²) in [6, 6.07) is 0.691. The van der Waals surface area contributed by atoms with Gasteiger partial charge in [-0.25, -0.2) is 0 Å². The van der Waals surface area contributed by atoms with Gasteiger partial charge in [-0.2, -0.15) is 0 Å². The van der Waals surface area contributed by atoms with Crippen LogP contribution in [0.3, 0.4) is 0 Å². The quantitative estimate of drug-likeness (QED) is 0.808. The van der Waals surface area contributed by atoms with Gasteiger partial charge in [-0.15, -0.1) is 24.8 Å². The Bertz CT molecular complexity index is 335. The summed E-state index contributed by atoms with van der Waals surface area (Å²) in [5, 5.41) is 3.42. The van der Waals surface area contributed by atoms with Gasteiger partial charge in [0.2, 0.25) is 5.91 Å². The van der Waals surface area contributed by atoms with Crippen LogP contribution in [-0.2, 0) is 9.53 Å². The van der Waals surface area contributed by atoms with Crippen molar-refractivity contribution in [2.45, 2.75) is 31.7 Å². The topological polar surface area (TPSA) is 44.8 Å². The molecule has 1 atom stereocenters. The molecular formula is C15H29Cl2N3O2. The molecule has 3 aliphatic heterocycles. The highest BCUT2D eigenvalue weighted by atomic mass is 35.5. The van der Waals surface area contributed by atoms with Gasteiger partial charge in [-0.3, -0.25) is 9.69 Å². The second-order valence-corrected chi connectivity index (χ2v) is 6.25. The Morgan fingerprint density at radius 2 is 1.68 bits per heavy atom. The second-order valence-electron chi connectivity index (χ2n) is 6.25. The summed E-state index contributed by atoms with van der Waals surface area (Å²) >= 11 is 0. The molecule has 0 aliphatic carbocycles. The van der Waals surface area contributed by atoms with Crippen LogP contribution in [0.25, 0.3) is 0 Å². The maximum atomic E-state index is 12.6. The minimum Gasteiger partial charge on any atom is -0.378 e. The van der Waals surface area contributed by atoms with E-state index in [0.29, 0.717) is 25.2 Å². The predicted molar refractivity (Wildman–Crippen MR) is 92.1 cm³/mol. The summed E-state index contributed by atoms with van der Waals surface area (Å²) in [6.45, 7) is 7.38. The van der Waals surface area contributed by atoms with Crippen molar-refractivity contribution in [1.82, 2.24) is 15.1 Å². The van der Waals surface area contributed by atoms with E-state index in [0.717, 1.165) is 39.1 Å². The van der Waals surface area contributed by atoms with Crippen LogP contribution in [0.5, 0.6) is 0 Å². The zero-order valence-electron chi connectivity index (χ0n) is 13.2. The molecule has 1 amide bonds. The van der Waals surface area contributed by atoms with E-state index in [1.807, 2.05) is 4.90 Å². The zero-order chi connectivity index (χ0) is 13.8. The molecule has 0 saturated carbocycles. The maximum Gasteiger partial charge on any atom is 0.227 e. The number of hydrogen-bond acceptors (Lipinski definition) is 4. The second kappa shape index (κ2) is 9.93. The Labute approximate surface area is 145 Å².